The number of benzene rings is 1. The summed E-state index contributed by atoms with van der Waals surface area (Å²) in [6.45, 7) is 1.83. The van der Waals surface area contributed by atoms with E-state index in [9.17, 15) is 0 Å². The number of aryl methyl sites for hydroxylation is 2. The second-order valence-electron chi connectivity index (χ2n) is 5.26. The number of nitrogens with zero attached hydrogens (tertiary/aromatic N) is 3. The first-order chi connectivity index (χ1) is 9.83. The third-order valence-electron chi connectivity index (χ3n) is 3.91. The lowest BCUT2D eigenvalue weighted by Gasteiger charge is -2.18. The molecule has 3 aromatic rings. The molecule has 0 atom stereocenters. The number of fused-ring (bicyclic) bond motifs is 2. The molecule has 0 aliphatic heterocycles. The molecule has 1 aliphatic carbocycles. The van der Waals surface area contributed by atoms with E-state index in [0.29, 0.717) is 11.8 Å². The Kier molecular flexibility index (Phi) is 2.55. The van der Waals surface area contributed by atoms with Crippen LogP contribution in [0.4, 0.5) is 0 Å². The minimum atomic E-state index is 0.602. The van der Waals surface area contributed by atoms with E-state index in [-0.39, 0.29) is 0 Å². The van der Waals surface area contributed by atoms with Crippen LogP contribution < -0.4 is 0 Å². The Bertz CT molecular complexity index is 792. The van der Waals surface area contributed by atoms with Crippen LogP contribution >= 0.6 is 0 Å². The number of aromatic nitrogens is 3. The van der Waals surface area contributed by atoms with E-state index in [1.807, 2.05) is 19.1 Å². The smallest absolute Gasteiger partial charge is 0.248 e. The molecule has 0 unspecified atom stereocenters. The highest BCUT2D eigenvalue weighted by molar-refractivity contribution is 5.94. The summed E-state index contributed by atoms with van der Waals surface area (Å²) in [4.78, 5) is 4.82. The lowest BCUT2D eigenvalue weighted by atomic mass is 9.90. The maximum atomic E-state index is 5.69. The first kappa shape index (κ1) is 11.6. The highest BCUT2D eigenvalue weighted by atomic mass is 16.4. The monoisotopic (exact) mass is 265 g/mol. The molecule has 20 heavy (non-hydrogen) atoms. The van der Waals surface area contributed by atoms with Gasteiger partial charge < -0.3 is 4.42 Å². The molecule has 0 N–H and O–H groups in total. The predicted molar refractivity (Wildman–Crippen MR) is 76.4 cm³/mol. The van der Waals surface area contributed by atoms with Crippen molar-refractivity contribution >= 4 is 10.9 Å². The molecule has 0 saturated carbocycles. The lowest BCUT2D eigenvalue weighted by Crippen LogP contribution is -2.08. The van der Waals surface area contributed by atoms with Gasteiger partial charge in [-0.15, -0.1) is 10.2 Å². The van der Waals surface area contributed by atoms with Crippen molar-refractivity contribution in [2.75, 3.05) is 0 Å². The Morgan fingerprint density at radius 1 is 1.05 bits per heavy atom. The van der Waals surface area contributed by atoms with Gasteiger partial charge in [0.2, 0.25) is 11.8 Å². The largest absolute Gasteiger partial charge is 0.421 e. The first-order valence-corrected chi connectivity index (χ1v) is 7.04. The average molecular weight is 265 g/mol. The Balaban J connectivity index is 2.10. The molecule has 0 spiro atoms. The van der Waals surface area contributed by atoms with E-state index in [2.05, 4.69) is 22.3 Å². The van der Waals surface area contributed by atoms with Crippen molar-refractivity contribution in [3.05, 3.63) is 41.4 Å². The predicted octanol–water partition coefficient (Wildman–Crippen LogP) is 3.47. The summed E-state index contributed by atoms with van der Waals surface area (Å²) in [6, 6.07) is 8.20. The molecule has 1 aliphatic rings. The quantitative estimate of drug-likeness (QED) is 0.676. The molecule has 0 radical (unpaired) electrons. The van der Waals surface area contributed by atoms with Crippen molar-refractivity contribution in [2.45, 2.75) is 32.6 Å². The second kappa shape index (κ2) is 4.40. The highest BCUT2D eigenvalue weighted by Crippen LogP contribution is 2.35. The number of hydrogen-bond acceptors (Lipinski definition) is 4. The lowest BCUT2D eigenvalue weighted by molar-refractivity contribution is 0.531. The molecule has 0 bridgehead atoms. The molecule has 0 fully saturated rings. The van der Waals surface area contributed by atoms with Gasteiger partial charge in [-0.3, -0.25) is 4.98 Å². The zero-order chi connectivity index (χ0) is 13.5. The highest BCUT2D eigenvalue weighted by Gasteiger charge is 2.22. The van der Waals surface area contributed by atoms with Crippen LogP contribution in [-0.2, 0) is 12.8 Å². The Morgan fingerprint density at radius 2 is 1.90 bits per heavy atom. The van der Waals surface area contributed by atoms with Crippen molar-refractivity contribution < 1.29 is 4.42 Å². The molecule has 4 nitrogen and oxygen atoms in total. The van der Waals surface area contributed by atoms with E-state index in [1.54, 1.807) is 0 Å². The Hall–Kier alpha value is -2.23. The van der Waals surface area contributed by atoms with E-state index in [0.717, 1.165) is 29.3 Å². The van der Waals surface area contributed by atoms with Crippen LogP contribution in [0.25, 0.3) is 22.4 Å². The summed E-state index contributed by atoms with van der Waals surface area (Å²) >= 11 is 0. The van der Waals surface area contributed by atoms with Crippen LogP contribution in [0.15, 0.2) is 28.7 Å². The normalized spacial score (nSPS) is 14.4. The van der Waals surface area contributed by atoms with Gasteiger partial charge in [0.25, 0.3) is 0 Å². The van der Waals surface area contributed by atoms with Gasteiger partial charge in [0.05, 0.1) is 11.1 Å². The number of para-hydroxylation sites is 1. The topological polar surface area (TPSA) is 51.8 Å². The summed E-state index contributed by atoms with van der Waals surface area (Å²) in [6.07, 6.45) is 4.50. The fraction of sp³-hybridized carbons (Fsp3) is 0.312. The van der Waals surface area contributed by atoms with Crippen molar-refractivity contribution in [1.29, 1.82) is 0 Å². The molecule has 0 saturated heterocycles. The summed E-state index contributed by atoms with van der Waals surface area (Å²) < 4.78 is 5.69. The van der Waals surface area contributed by atoms with Gasteiger partial charge in [-0.05, 0) is 37.3 Å². The summed E-state index contributed by atoms with van der Waals surface area (Å²) in [5, 5.41) is 9.32. The summed E-state index contributed by atoms with van der Waals surface area (Å²) in [7, 11) is 0. The van der Waals surface area contributed by atoms with E-state index in [1.165, 1.54) is 24.1 Å². The Morgan fingerprint density at radius 3 is 2.75 bits per heavy atom. The third kappa shape index (κ3) is 1.72. The second-order valence-corrected chi connectivity index (χ2v) is 5.26. The van der Waals surface area contributed by atoms with Gasteiger partial charge in [0, 0.05) is 18.0 Å². The van der Waals surface area contributed by atoms with Crippen molar-refractivity contribution in [3.8, 4) is 11.5 Å². The van der Waals surface area contributed by atoms with E-state index >= 15 is 0 Å². The summed E-state index contributed by atoms with van der Waals surface area (Å²) in [5.41, 5.74) is 4.59. The fourth-order valence-electron chi connectivity index (χ4n) is 3.01. The molecular weight excluding hydrogens is 250 g/mol. The van der Waals surface area contributed by atoms with Crippen LogP contribution in [0.5, 0.6) is 0 Å². The van der Waals surface area contributed by atoms with Gasteiger partial charge in [-0.2, -0.15) is 0 Å². The van der Waals surface area contributed by atoms with Gasteiger partial charge in [-0.1, -0.05) is 18.2 Å². The first-order valence-electron chi connectivity index (χ1n) is 7.04. The van der Waals surface area contributed by atoms with Crippen LogP contribution in [0.3, 0.4) is 0 Å². The van der Waals surface area contributed by atoms with Crippen molar-refractivity contribution in [2.24, 2.45) is 0 Å². The molecule has 2 aromatic heterocycles. The third-order valence-corrected chi connectivity index (χ3v) is 3.91. The van der Waals surface area contributed by atoms with Crippen molar-refractivity contribution in [1.82, 2.24) is 15.2 Å². The molecule has 1 aromatic carbocycles. The molecular formula is C16H15N3O. The van der Waals surface area contributed by atoms with Crippen molar-refractivity contribution in [3.63, 3.8) is 0 Å². The molecule has 4 rings (SSSR count). The van der Waals surface area contributed by atoms with Gasteiger partial charge >= 0.3 is 0 Å². The number of rotatable bonds is 1. The van der Waals surface area contributed by atoms with Gasteiger partial charge in [0.15, 0.2) is 0 Å². The van der Waals surface area contributed by atoms with Crippen LogP contribution in [0.2, 0.25) is 0 Å². The fourth-order valence-corrected chi connectivity index (χ4v) is 3.01. The van der Waals surface area contributed by atoms with Crippen LogP contribution in [-0.4, -0.2) is 15.2 Å². The van der Waals surface area contributed by atoms with E-state index in [4.69, 9.17) is 9.40 Å². The van der Waals surface area contributed by atoms with Crippen LogP contribution in [0, 0.1) is 6.92 Å². The SMILES string of the molecule is Cc1nnc(-c2c3c(nc4ccccc24)CCCC3)o1. The zero-order valence-corrected chi connectivity index (χ0v) is 11.4. The minimum absolute atomic E-state index is 0.602. The average Bonchev–Trinajstić information content (AvgIpc) is 2.91. The standard InChI is InChI=1S/C16H15N3O/c1-10-18-19-16(20-10)15-11-6-2-4-8-13(11)17-14-9-5-3-7-12(14)15/h2,4,6,8H,3,5,7,9H2,1H3. The maximum absolute atomic E-state index is 5.69. The maximum Gasteiger partial charge on any atom is 0.248 e. The van der Waals surface area contributed by atoms with E-state index < -0.39 is 0 Å². The molecule has 4 heteroatoms. The zero-order valence-electron chi connectivity index (χ0n) is 11.4. The van der Waals surface area contributed by atoms with Gasteiger partial charge in [-0.25, -0.2) is 0 Å². The summed E-state index contributed by atoms with van der Waals surface area (Å²) in [5.74, 6) is 1.23. The Labute approximate surface area is 116 Å². The minimum Gasteiger partial charge on any atom is -0.421 e. The molecule has 0 amide bonds. The molecule has 100 valence electrons. The molecule has 2 heterocycles. The van der Waals surface area contributed by atoms with Crippen LogP contribution in [0.1, 0.15) is 30.0 Å². The number of hydrogen-bond donors (Lipinski definition) is 0. The van der Waals surface area contributed by atoms with Gasteiger partial charge in [0.1, 0.15) is 0 Å². The number of pyridine rings is 1.